The zero-order valence-electron chi connectivity index (χ0n) is 16.3. The molecular weight excluding hydrogens is 427 g/mol. The van der Waals surface area contributed by atoms with Crippen molar-refractivity contribution in [3.63, 3.8) is 0 Å². The summed E-state index contributed by atoms with van der Waals surface area (Å²) in [6.07, 6.45) is 0. The Balaban J connectivity index is 1.69. The smallest absolute Gasteiger partial charge is 0.273 e. The van der Waals surface area contributed by atoms with Gasteiger partial charge in [-0.2, -0.15) is 0 Å². The van der Waals surface area contributed by atoms with Gasteiger partial charge in [-0.3, -0.25) is 4.79 Å². The number of nitrogens with two attached hydrogens (primary N) is 1. The van der Waals surface area contributed by atoms with Gasteiger partial charge in [0, 0.05) is 22.7 Å². The second-order valence-electron chi connectivity index (χ2n) is 6.73. The van der Waals surface area contributed by atoms with E-state index in [4.69, 9.17) is 38.4 Å². The van der Waals surface area contributed by atoms with Crippen LogP contribution >= 0.6 is 23.2 Å². The number of hydrogen-bond donors (Lipinski definition) is 1. The third-order valence-corrected chi connectivity index (χ3v) is 5.42. The van der Waals surface area contributed by atoms with Crippen LogP contribution in [-0.2, 0) is 13.1 Å². The van der Waals surface area contributed by atoms with Crippen LogP contribution < -0.4 is 15.2 Å². The van der Waals surface area contributed by atoms with Gasteiger partial charge in [0.1, 0.15) is 5.69 Å². The van der Waals surface area contributed by atoms with Crippen LogP contribution in [0.25, 0.3) is 11.3 Å². The number of carbonyl (C=O) groups is 1. The highest BCUT2D eigenvalue weighted by Gasteiger charge is 2.33. The van der Waals surface area contributed by atoms with Crippen molar-refractivity contribution in [1.29, 1.82) is 0 Å². The summed E-state index contributed by atoms with van der Waals surface area (Å²) in [5, 5.41) is 0.933. The molecule has 0 aliphatic carbocycles. The molecule has 7 nitrogen and oxygen atoms in total. The summed E-state index contributed by atoms with van der Waals surface area (Å²) in [5.41, 5.74) is 8.91. The molecule has 0 bridgehead atoms. The van der Waals surface area contributed by atoms with E-state index in [2.05, 4.69) is 9.97 Å². The highest BCUT2D eigenvalue weighted by atomic mass is 35.5. The maximum Gasteiger partial charge on any atom is 0.273 e. The first-order valence-electron chi connectivity index (χ1n) is 9.03. The van der Waals surface area contributed by atoms with Crippen LogP contribution in [0.3, 0.4) is 0 Å². The van der Waals surface area contributed by atoms with Crippen molar-refractivity contribution in [2.45, 2.75) is 13.1 Å². The van der Waals surface area contributed by atoms with Crippen LogP contribution in [0.4, 0.5) is 5.95 Å². The van der Waals surface area contributed by atoms with E-state index in [1.54, 1.807) is 43.4 Å². The molecule has 154 valence electrons. The number of nitrogens with zero attached hydrogens (tertiary/aromatic N) is 3. The molecule has 1 aliphatic heterocycles. The molecule has 0 radical (unpaired) electrons. The molecule has 3 aromatic rings. The molecule has 0 unspecified atom stereocenters. The summed E-state index contributed by atoms with van der Waals surface area (Å²) in [7, 11) is 3.14. The van der Waals surface area contributed by atoms with Gasteiger partial charge >= 0.3 is 0 Å². The molecule has 30 heavy (non-hydrogen) atoms. The van der Waals surface area contributed by atoms with Gasteiger partial charge in [-0.15, -0.1) is 0 Å². The standard InChI is InChI=1S/C21H18Cl2N4O3/c1-29-16-6-3-11(7-17(16)30-2)9-27-10-14-18(13-5-4-12(22)8-15(13)23)25-21(24)26-19(14)20(27)28/h3-8H,9-10H2,1-2H3,(H2,24,25,26). The molecule has 9 heteroatoms. The lowest BCUT2D eigenvalue weighted by atomic mass is 10.1. The number of nitrogen functional groups attached to an aromatic ring is 1. The van der Waals surface area contributed by atoms with E-state index in [1.165, 1.54) is 0 Å². The van der Waals surface area contributed by atoms with Crippen molar-refractivity contribution < 1.29 is 14.3 Å². The van der Waals surface area contributed by atoms with Gasteiger partial charge < -0.3 is 20.1 Å². The number of carbonyl (C=O) groups excluding carboxylic acids is 1. The Labute approximate surface area is 183 Å². The number of benzene rings is 2. The summed E-state index contributed by atoms with van der Waals surface area (Å²) in [6.45, 7) is 0.695. The summed E-state index contributed by atoms with van der Waals surface area (Å²) >= 11 is 12.4. The Bertz CT molecular complexity index is 1150. The Kier molecular flexibility index (Phi) is 5.40. The van der Waals surface area contributed by atoms with Crippen LogP contribution in [0, 0.1) is 0 Å². The van der Waals surface area contributed by atoms with Crippen LogP contribution in [0.5, 0.6) is 11.5 Å². The van der Waals surface area contributed by atoms with Crippen LogP contribution in [-0.4, -0.2) is 35.0 Å². The molecule has 4 rings (SSSR count). The first kappa shape index (κ1) is 20.3. The molecule has 0 saturated heterocycles. The maximum absolute atomic E-state index is 13.0. The predicted octanol–water partition coefficient (Wildman–Crippen LogP) is 4.21. The molecule has 0 spiro atoms. The summed E-state index contributed by atoms with van der Waals surface area (Å²) < 4.78 is 10.6. The Hall–Kier alpha value is -3.03. The van der Waals surface area contributed by atoms with Crippen molar-refractivity contribution in [1.82, 2.24) is 14.9 Å². The number of anilines is 1. The van der Waals surface area contributed by atoms with Crippen molar-refractivity contribution in [2.24, 2.45) is 0 Å². The second-order valence-corrected chi connectivity index (χ2v) is 7.58. The maximum atomic E-state index is 13.0. The van der Waals surface area contributed by atoms with Crippen molar-refractivity contribution >= 4 is 35.1 Å². The van der Waals surface area contributed by atoms with E-state index in [9.17, 15) is 4.79 Å². The molecule has 0 atom stereocenters. The molecule has 1 amide bonds. The fraction of sp³-hybridized carbons (Fsp3) is 0.190. The fourth-order valence-corrected chi connectivity index (χ4v) is 3.97. The van der Waals surface area contributed by atoms with Crippen molar-refractivity contribution in [3.8, 4) is 22.8 Å². The normalized spacial score (nSPS) is 12.8. The number of amides is 1. The highest BCUT2D eigenvalue weighted by Crippen LogP contribution is 2.36. The van der Waals surface area contributed by atoms with Gasteiger partial charge in [-0.1, -0.05) is 29.3 Å². The Morgan fingerprint density at radius 3 is 2.47 bits per heavy atom. The second kappa shape index (κ2) is 8.01. The highest BCUT2D eigenvalue weighted by molar-refractivity contribution is 6.36. The molecule has 2 N–H and O–H groups in total. The predicted molar refractivity (Wildman–Crippen MR) is 115 cm³/mol. The first-order valence-corrected chi connectivity index (χ1v) is 9.79. The molecular formula is C21H18Cl2N4O3. The van der Waals surface area contributed by atoms with E-state index in [0.717, 1.165) is 5.56 Å². The number of halogens is 2. The molecule has 2 aromatic carbocycles. The lowest BCUT2D eigenvalue weighted by Crippen LogP contribution is -2.23. The molecule has 1 aromatic heterocycles. The van der Waals surface area contributed by atoms with Gasteiger partial charge in [0.2, 0.25) is 5.95 Å². The van der Waals surface area contributed by atoms with E-state index in [0.29, 0.717) is 51.5 Å². The van der Waals surface area contributed by atoms with Gasteiger partial charge in [0.25, 0.3) is 5.91 Å². The third-order valence-electron chi connectivity index (χ3n) is 4.87. The van der Waals surface area contributed by atoms with Gasteiger partial charge in [0.05, 0.1) is 31.5 Å². The Morgan fingerprint density at radius 2 is 1.77 bits per heavy atom. The van der Waals surface area contributed by atoms with E-state index in [1.807, 2.05) is 12.1 Å². The van der Waals surface area contributed by atoms with Gasteiger partial charge in [0.15, 0.2) is 11.5 Å². The zero-order valence-corrected chi connectivity index (χ0v) is 17.8. The van der Waals surface area contributed by atoms with Gasteiger partial charge in [-0.05, 0) is 35.9 Å². The minimum absolute atomic E-state index is 0.0103. The topological polar surface area (TPSA) is 90.6 Å². The first-order chi connectivity index (χ1) is 14.4. The SMILES string of the molecule is COc1ccc(CN2Cc3c(nc(N)nc3-c3ccc(Cl)cc3Cl)C2=O)cc1OC. The summed E-state index contributed by atoms with van der Waals surface area (Å²) in [5.74, 6) is 1.00. The van der Waals surface area contributed by atoms with E-state index < -0.39 is 0 Å². The van der Waals surface area contributed by atoms with Crippen LogP contribution in [0.15, 0.2) is 36.4 Å². The number of fused-ring (bicyclic) bond motifs is 1. The molecule has 2 heterocycles. The minimum Gasteiger partial charge on any atom is -0.493 e. The number of aromatic nitrogens is 2. The number of rotatable bonds is 5. The third kappa shape index (κ3) is 3.62. The van der Waals surface area contributed by atoms with E-state index in [-0.39, 0.29) is 17.5 Å². The van der Waals surface area contributed by atoms with Gasteiger partial charge in [-0.25, -0.2) is 9.97 Å². The molecule has 0 saturated carbocycles. The monoisotopic (exact) mass is 444 g/mol. The molecule has 1 aliphatic rings. The summed E-state index contributed by atoms with van der Waals surface area (Å²) in [6, 6.07) is 10.6. The Morgan fingerprint density at radius 1 is 1.03 bits per heavy atom. The zero-order chi connectivity index (χ0) is 21.4. The van der Waals surface area contributed by atoms with E-state index >= 15 is 0 Å². The lowest BCUT2D eigenvalue weighted by Gasteiger charge is -2.17. The van der Waals surface area contributed by atoms with Crippen molar-refractivity contribution in [3.05, 3.63) is 63.3 Å². The number of ether oxygens (including phenoxy) is 2. The summed E-state index contributed by atoms with van der Waals surface area (Å²) in [4.78, 5) is 23.2. The van der Waals surface area contributed by atoms with Crippen LogP contribution in [0.2, 0.25) is 10.0 Å². The minimum atomic E-state index is -0.222. The largest absolute Gasteiger partial charge is 0.493 e. The average Bonchev–Trinajstić information content (AvgIpc) is 3.03. The van der Waals surface area contributed by atoms with Crippen LogP contribution in [0.1, 0.15) is 21.6 Å². The number of methoxy groups -OCH3 is 2. The average molecular weight is 445 g/mol. The van der Waals surface area contributed by atoms with Crippen molar-refractivity contribution in [2.75, 3.05) is 20.0 Å². The number of hydrogen-bond acceptors (Lipinski definition) is 6. The fourth-order valence-electron chi connectivity index (χ4n) is 3.47. The lowest BCUT2D eigenvalue weighted by molar-refractivity contribution is 0.0762. The quantitative estimate of drug-likeness (QED) is 0.633. The molecule has 0 fully saturated rings.